The second kappa shape index (κ2) is 3.72. The zero-order valence-corrected chi connectivity index (χ0v) is 7.87. The molecule has 0 N–H and O–H groups in total. The number of aromatic nitrogens is 2. The number of rotatable bonds is 1. The molecular weight excluding hydrogens is 203 g/mol. The molecule has 0 aliphatic heterocycles. The third-order valence-electron chi connectivity index (χ3n) is 1.77. The molecule has 0 saturated heterocycles. The van der Waals surface area contributed by atoms with Crippen molar-refractivity contribution in [3.63, 3.8) is 0 Å². The summed E-state index contributed by atoms with van der Waals surface area (Å²) in [5.41, 5.74) is 1.49. The Bertz CT molecular complexity index is 381. The van der Waals surface area contributed by atoms with Gasteiger partial charge in [0.15, 0.2) is 5.15 Å². The monoisotopic (exact) mass is 208 g/mol. The fraction of sp³-hybridized carbons (Fsp3) is 0. The van der Waals surface area contributed by atoms with E-state index >= 15 is 0 Å². The smallest absolute Gasteiger partial charge is 0.151 e. The Morgan fingerprint density at radius 2 is 1.64 bits per heavy atom. The van der Waals surface area contributed by atoms with Gasteiger partial charge in [-0.15, -0.1) is 10.2 Å². The molecule has 2 aromatic rings. The highest BCUT2D eigenvalue weighted by Crippen LogP contribution is 2.17. The molecule has 0 atom stereocenters. The van der Waals surface area contributed by atoms with Gasteiger partial charge in [0.1, 0.15) is 5.82 Å². The largest absolute Gasteiger partial charge is 0.207 e. The van der Waals surface area contributed by atoms with E-state index in [1.165, 1.54) is 12.1 Å². The zero-order valence-electron chi connectivity index (χ0n) is 7.11. The van der Waals surface area contributed by atoms with Crippen molar-refractivity contribution in [3.8, 4) is 11.3 Å². The standard InChI is InChI=1S/C10H6ClFN2/c11-10-6-5-9(13-14-10)7-1-3-8(12)4-2-7/h1-6H. The van der Waals surface area contributed by atoms with Crippen LogP contribution in [0.5, 0.6) is 0 Å². The first-order chi connectivity index (χ1) is 6.75. The average molecular weight is 209 g/mol. The molecule has 2 rings (SSSR count). The Labute approximate surface area is 85.4 Å². The number of benzene rings is 1. The molecule has 0 bridgehead atoms. The van der Waals surface area contributed by atoms with Gasteiger partial charge in [-0.25, -0.2) is 4.39 Å². The molecular formula is C10H6ClFN2. The Morgan fingerprint density at radius 3 is 2.21 bits per heavy atom. The maximum absolute atomic E-state index is 12.6. The Hall–Kier alpha value is -1.48. The summed E-state index contributed by atoms with van der Waals surface area (Å²) in [6, 6.07) is 9.44. The number of hydrogen-bond donors (Lipinski definition) is 0. The highest BCUT2D eigenvalue weighted by Gasteiger charge is 1.99. The second-order valence-corrected chi connectivity index (χ2v) is 3.14. The lowest BCUT2D eigenvalue weighted by molar-refractivity contribution is 0.628. The van der Waals surface area contributed by atoms with Gasteiger partial charge in [0.25, 0.3) is 0 Å². The number of halogens is 2. The molecule has 0 fully saturated rings. The maximum atomic E-state index is 12.6. The van der Waals surface area contributed by atoms with Crippen LogP contribution in [0.2, 0.25) is 5.15 Å². The van der Waals surface area contributed by atoms with E-state index in [1.54, 1.807) is 24.3 Å². The van der Waals surface area contributed by atoms with Gasteiger partial charge in [0.05, 0.1) is 5.69 Å². The quantitative estimate of drug-likeness (QED) is 0.720. The van der Waals surface area contributed by atoms with Crippen molar-refractivity contribution in [2.75, 3.05) is 0 Å². The molecule has 1 aromatic carbocycles. The first-order valence-electron chi connectivity index (χ1n) is 4.01. The summed E-state index contributed by atoms with van der Waals surface area (Å²) in [6.45, 7) is 0. The molecule has 0 radical (unpaired) electrons. The fourth-order valence-corrected chi connectivity index (χ4v) is 1.19. The minimum Gasteiger partial charge on any atom is -0.207 e. The third-order valence-corrected chi connectivity index (χ3v) is 1.97. The van der Waals surface area contributed by atoms with Gasteiger partial charge in [-0.2, -0.15) is 0 Å². The van der Waals surface area contributed by atoms with E-state index in [4.69, 9.17) is 11.6 Å². The van der Waals surface area contributed by atoms with Crippen LogP contribution in [0.1, 0.15) is 0 Å². The van der Waals surface area contributed by atoms with Crippen molar-refractivity contribution in [1.29, 1.82) is 0 Å². The Morgan fingerprint density at radius 1 is 0.929 bits per heavy atom. The molecule has 0 spiro atoms. The summed E-state index contributed by atoms with van der Waals surface area (Å²) < 4.78 is 12.6. The summed E-state index contributed by atoms with van der Waals surface area (Å²) in [5.74, 6) is -0.268. The van der Waals surface area contributed by atoms with Crippen LogP contribution >= 0.6 is 11.6 Å². The number of hydrogen-bond acceptors (Lipinski definition) is 2. The van der Waals surface area contributed by atoms with Crippen LogP contribution in [0.25, 0.3) is 11.3 Å². The van der Waals surface area contributed by atoms with Crippen LogP contribution in [0.4, 0.5) is 4.39 Å². The van der Waals surface area contributed by atoms with E-state index < -0.39 is 0 Å². The van der Waals surface area contributed by atoms with Crippen LogP contribution in [0.15, 0.2) is 36.4 Å². The van der Waals surface area contributed by atoms with Gasteiger partial charge < -0.3 is 0 Å². The minimum atomic E-state index is -0.268. The van der Waals surface area contributed by atoms with Gasteiger partial charge in [0.2, 0.25) is 0 Å². The van der Waals surface area contributed by atoms with Crippen LogP contribution in [0, 0.1) is 5.82 Å². The SMILES string of the molecule is Fc1ccc(-c2ccc(Cl)nn2)cc1. The van der Waals surface area contributed by atoms with E-state index in [1.807, 2.05) is 0 Å². The maximum Gasteiger partial charge on any atom is 0.151 e. The normalized spacial score (nSPS) is 10.1. The highest BCUT2D eigenvalue weighted by atomic mass is 35.5. The molecule has 0 amide bonds. The van der Waals surface area contributed by atoms with Crippen molar-refractivity contribution >= 4 is 11.6 Å². The van der Waals surface area contributed by atoms with E-state index in [9.17, 15) is 4.39 Å². The van der Waals surface area contributed by atoms with Crippen molar-refractivity contribution < 1.29 is 4.39 Å². The minimum absolute atomic E-state index is 0.268. The predicted octanol–water partition coefficient (Wildman–Crippen LogP) is 2.94. The van der Waals surface area contributed by atoms with E-state index in [0.717, 1.165) is 5.56 Å². The first kappa shape index (κ1) is 9.09. The molecule has 4 heteroatoms. The molecule has 1 heterocycles. The molecule has 1 aromatic heterocycles. The van der Waals surface area contributed by atoms with Gasteiger partial charge in [0, 0.05) is 5.56 Å². The summed E-state index contributed by atoms with van der Waals surface area (Å²) in [7, 11) is 0. The second-order valence-electron chi connectivity index (χ2n) is 2.75. The van der Waals surface area contributed by atoms with Crippen LogP contribution < -0.4 is 0 Å². The lowest BCUT2D eigenvalue weighted by Gasteiger charge is -1.98. The summed E-state index contributed by atoms with van der Waals surface area (Å²) in [6.07, 6.45) is 0. The fourth-order valence-electron chi connectivity index (χ4n) is 1.09. The van der Waals surface area contributed by atoms with Gasteiger partial charge in [-0.1, -0.05) is 11.6 Å². The molecule has 2 nitrogen and oxygen atoms in total. The molecule has 0 saturated carbocycles. The van der Waals surface area contributed by atoms with Crippen molar-refractivity contribution in [3.05, 3.63) is 47.4 Å². The van der Waals surface area contributed by atoms with Crippen molar-refractivity contribution in [1.82, 2.24) is 10.2 Å². The molecule has 0 unspecified atom stereocenters. The average Bonchev–Trinajstić information content (AvgIpc) is 2.21. The molecule has 70 valence electrons. The summed E-state index contributed by atoms with van der Waals surface area (Å²) in [5, 5.41) is 7.92. The van der Waals surface area contributed by atoms with Crippen molar-refractivity contribution in [2.24, 2.45) is 0 Å². The summed E-state index contributed by atoms with van der Waals surface area (Å²) in [4.78, 5) is 0. The predicted molar refractivity (Wildman–Crippen MR) is 52.4 cm³/mol. The third kappa shape index (κ3) is 1.88. The van der Waals surface area contributed by atoms with Gasteiger partial charge in [-0.05, 0) is 36.4 Å². The van der Waals surface area contributed by atoms with Gasteiger partial charge >= 0.3 is 0 Å². The Kier molecular flexibility index (Phi) is 2.41. The highest BCUT2D eigenvalue weighted by molar-refractivity contribution is 6.29. The Balaban J connectivity index is 2.40. The first-order valence-corrected chi connectivity index (χ1v) is 4.39. The van der Waals surface area contributed by atoms with Gasteiger partial charge in [-0.3, -0.25) is 0 Å². The topological polar surface area (TPSA) is 25.8 Å². The zero-order chi connectivity index (χ0) is 9.97. The lowest BCUT2D eigenvalue weighted by Crippen LogP contribution is -1.87. The summed E-state index contributed by atoms with van der Waals surface area (Å²) >= 11 is 5.59. The molecule has 0 aliphatic rings. The number of nitrogens with zero attached hydrogens (tertiary/aromatic N) is 2. The van der Waals surface area contributed by atoms with Crippen molar-refractivity contribution in [2.45, 2.75) is 0 Å². The van der Waals surface area contributed by atoms with Crippen LogP contribution in [-0.4, -0.2) is 10.2 Å². The molecule has 14 heavy (non-hydrogen) atoms. The van der Waals surface area contributed by atoms with E-state index in [0.29, 0.717) is 10.8 Å². The van der Waals surface area contributed by atoms with E-state index in [2.05, 4.69) is 10.2 Å². The molecule has 0 aliphatic carbocycles. The van der Waals surface area contributed by atoms with E-state index in [-0.39, 0.29) is 5.82 Å². The van der Waals surface area contributed by atoms with Crippen LogP contribution in [0.3, 0.4) is 0 Å². The lowest BCUT2D eigenvalue weighted by atomic mass is 10.1. The van der Waals surface area contributed by atoms with Crippen LogP contribution in [-0.2, 0) is 0 Å².